The number of benzene rings is 1. The summed E-state index contributed by atoms with van der Waals surface area (Å²) in [5, 5.41) is 0. The molecule has 76 valence electrons. The molecule has 1 aliphatic rings. The average molecular weight is 323 g/mol. The molecule has 1 heterocycles. The van der Waals surface area contributed by atoms with Crippen LogP contribution in [-0.2, 0) is 9.84 Å². The van der Waals surface area contributed by atoms with Gasteiger partial charge in [-0.3, -0.25) is 0 Å². The van der Waals surface area contributed by atoms with E-state index < -0.39 is 9.84 Å². The molecule has 1 aromatic carbocycles. The van der Waals surface area contributed by atoms with Crippen molar-refractivity contribution in [1.29, 1.82) is 0 Å². The molecule has 0 saturated heterocycles. The van der Waals surface area contributed by atoms with Crippen LogP contribution in [0.15, 0.2) is 23.1 Å². The summed E-state index contributed by atoms with van der Waals surface area (Å²) in [6.45, 7) is 0. The van der Waals surface area contributed by atoms with Crippen molar-refractivity contribution < 1.29 is 8.42 Å². The highest BCUT2D eigenvalue weighted by Crippen LogP contribution is 2.33. The second kappa shape index (κ2) is 3.46. The fraction of sp³-hybridized carbons (Fsp3) is 0.333. The van der Waals surface area contributed by atoms with Crippen LogP contribution in [0.5, 0.6) is 0 Å². The Hall–Kier alpha value is -0.140. The van der Waals surface area contributed by atoms with Crippen molar-refractivity contribution in [2.24, 2.45) is 5.73 Å². The fourth-order valence-corrected chi connectivity index (χ4v) is 4.43. The molecule has 0 aromatic heterocycles. The first kappa shape index (κ1) is 10.4. The number of nitrogens with two attached hydrogens (primary N) is 1. The quantitative estimate of drug-likeness (QED) is 0.736. The Morgan fingerprint density at radius 2 is 2.14 bits per heavy atom. The van der Waals surface area contributed by atoms with Gasteiger partial charge in [-0.2, -0.15) is 0 Å². The molecule has 0 bridgehead atoms. The topological polar surface area (TPSA) is 60.2 Å². The number of halogens is 1. The molecule has 1 unspecified atom stereocenters. The third-order valence-electron chi connectivity index (χ3n) is 2.42. The third-order valence-corrected chi connectivity index (χ3v) is 5.16. The molecular weight excluding hydrogens is 313 g/mol. The summed E-state index contributed by atoms with van der Waals surface area (Å²) in [6.07, 6.45) is 0.523. The van der Waals surface area contributed by atoms with Crippen molar-refractivity contribution in [1.82, 2.24) is 0 Å². The Labute approximate surface area is 96.7 Å². The van der Waals surface area contributed by atoms with Crippen LogP contribution in [0, 0.1) is 3.57 Å². The van der Waals surface area contributed by atoms with Gasteiger partial charge in [0.25, 0.3) is 0 Å². The van der Waals surface area contributed by atoms with Gasteiger partial charge in [-0.25, -0.2) is 8.42 Å². The normalized spacial score (nSPS) is 24.3. The molecule has 0 radical (unpaired) electrons. The van der Waals surface area contributed by atoms with Crippen LogP contribution in [-0.4, -0.2) is 14.2 Å². The van der Waals surface area contributed by atoms with Crippen molar-refractivity contribution in [3.8, 4) is 0 Å². The Balaban J connectivity index is 2.75. The van der Waals surface area contributed by atoms with Crippen LogP contribution in [0.3, 0.4) is 0 Å². The lowest BCUT2D eigenvalue weighted by molar-refractivity contribution is 0.568. The van der Waals surface area contributed by atoms with Crippen LogP contribution in [0.2, 0.25) is 0 Å². The summed E-state index contributed by atoms with van der Waals surface area (Å²) in [4.78, 5) is 0.420. The standard InChI is InChI=1S/C9H10INO2S/c10-6-2-1-3-8-9(6)7(11)4-5-14(8,12)13/h1-3,7H,4-5,11H2. The number of rotatable bonds is 0. The highest BCUT2D eigenvalue weighted by atomic mass is 127. The predicted octanol–water partition coefficient (Wildman–Crippen LogP) is 1.47. The molecule has 0 spiro atoms. The summed E-state index contributed by atoms with van der Waals surface area (Å²) in [5.74, 6) is 0.168. The van der Waals surface area contributed by atoms with Gasteiger partial charge in [-0.15, -0.1) is 0 Å². The first-order chi connectivity index (χ1) is 6.52. The lowest BCUT2D eigenvalue weighted by atomic mass is 10.1. The Kier molecular flexibility index (Phi) is 2.57. The van der Waals surface area contributed by atoms with E-state index in [1.807, 2.05) is 6.07 Å². The highest BCUT2D eigenvalue weighted by molar-refractivity contribution is 14.1. The lowest BCUT2D eigenvalue weighted by Crippen LogP contribution is -2.25. The summed E-state index contributed by atoms with van der Waals surface area (Å²) in [7, 11) is -3.08. The lowest BCUT2D eigenvalue weighted by Gasteiger charge is -2.23. The van der Waals surface area contributed by atoms with Crippen molar-refractivity contribution >= 4 is 32.4 Å². The van der Waals surface area contributed by atoms with Gasteiger partial charge in [0.05, 0.1) is 10.6 Å². The van der Waals surface area contributed by atoms with Crippen LogP contribution in [0.4, 0.5) is 0 Å². The van der Waals surface area contributed by atoms with Crippen molar-refractivity contribution in [2.75, 3.05) is 5.75 Å². The molecule has 2 N–H and O–H groups in total. The number of hydrogen-bond acceptors (Lipinski definition) is 3. The number of fused-ring (bicyclic) bond motifs is 1. The van der Waals surface area contributed by atoms with Gasteiger partial charge in [-0.1, -0.05) is 6.07 Å². The number of sulfone groups is 1. The average Bonchev–Trinajstić information content (AvgIpc) is 2.12. The van der Waals surface area contributed by atoms with Crippen LogP contribution >= 0.6 is 22.6 Å². The van der Waals surface area contributed by atoms with Crippen molar-refractivity contribution in [3.63, 3.8) is 0 Å². The largest absolute Gasteiger partial charge is 0.324 e. The maximum atomic E-state index is 11.7. The molecule has 2 rings (SSSR count). The minimum Gasteiger partial charge on any atom is -0.324 e. The zero-order valence-corrected chi connectivity index (χ0v) is 10.4. The monoisotopic (exact) mass is 323 g/mol. The zero-order valence-electron chi connectivity index (χ0n) is 7.40. The molecule has 1 atom stereocenters. The van der Waals surface area contributed by atoms with Gasteiger partial charge in [0.1, 0.15) is 0 Å². The van der Waals surface area contributed by atoms with E-state index in [1.165, 1.54) is 0 Å². The highest BCUT2D eigenvalue weighted by Gasteiger charge is 2.29. The van der Waals surface area contributed by atoms with E-state index in [9.17, 15) is 8.42 Å². The molecule has 14 heavy (non-hydrogen) atoms. The number of hydrogen-bond donors (Lipinski definition) is 1. The van der Waals surface area contributed by atoms with Gasteiger partial charge >= 0.3 is 0 Å². The Bertz CT molecular complexity index is 470. The van der Waals surface area contributed by atoms with Gasteiger partial charge in [0.15, 0.2) is 9.84 Å². The fourth-order valence-electron chi connectivity index (χ4n) is 1.68. The third kappa shape index (κ3) is 1.57. The maximum Gasteiger partial charge on any atom is 0.178 e. The van der Waals surface area contributed by atoms with E-state index in [1.54, 1.807) is 12.1 Å². The van der Waals surface area contributed by atoms with E-state index in [0.717, 1.165) is 9.13 Å². The van der Waals surface area contributed by atoms with Gasteiger partial charge in [0, 0.05) is 15.2 Å². The van der Waals surface area contributed by atoms with E-state index in [2.05, 4.69) is 22.6 Å². The molecule has 1 aromatic rings. The Morgan fingerprint density at radius 3 is 2.79 bits per heavy atom. The van der Waals surface area contributed by atoms with Crippen LogP contribution in [0.25, 0.3) is 0 Å². The molecule has 5 heteroatoms. The second-order valence-corrected chi connectivity index (χ2v) is 6.61. The molecule has 0 saturated carbocycles. The Morgan fingerprint density at radius 1 is 1.43 bits per heavy atom. The van der Waals surface area contributed by atoms with Crippen molar-refractivity contribution in [2.45, 2.75) is 17.4 Å². The molecule has 3 nitrogen and oxygen atoms in total. The maximum absolute atomic E-state index is 11.7. The molecule has 0 amide bonds. The second-order valence-electron chi connectivity index (χ2n) is 3.37. The van der Waals surface area contributed by atoms with E-state index in [0.29, 0.717) is 11.3 Å². The first-order valence-electron chi connectivity index (χ1n) is 4.29. The first-order valence-corrected chi connectivity index (χ1v) is 7.02. The van der Waals surface area contributed by atoms with E-state index in [-0.39, 0.29) is 11.8 Å². The van der Waals surface area contributed by atoms with Crippen LogP contribution < -0.4 is 5.73 Å². The molecular formula is C9H10INO2S. The molecule has 1 aliphatic heterocycles. The SMILES string of the molecule is NC1CCS(=O)(=O)c2cccc(I)c21. The minimum atomic E-state index is -3.08. The van der Waals surface area contributed by atoms with Gasteiger partial charge in [0.2, 0.25) is 0 Å². The van der Waals surface area contributed by atoms with E-state index in [4.69, 9.17) is 5.73 Å². The zero-order chi connectivity index (χ0) is 10.3. The minimum absolute atomic E-state index is 0.137. The van der Waals surface area contributed by atoms with Crippen molar-refractivity contribution in [3.05, 3.63) is 27.3 Å². The van der Waals surface area contributed by atoms with E-state index >= 15 is 0 Å². The van der Waals surface area contributed by atoms with Gasteiger partial charge in [-0.05, 0) is 41.1 Å². The summed E-state index contributed by atoms with van der Waals surface area (Å²) < 4.78 is 24.4. The van der Waals surface area contributed by atoms with Gasteiger partial charge < -0.3 is 5.73 Å². The summed E-state index contributed by atoms with van der Waals surface area (Å²) >= 11 is 2.13. The smallest absolute Gasteiger partial charge is 0.178 e. The summed E-state index contributed by atoms with van der Waals surface area (Å²) in [5.41, 5.74) is 6.69. The summed E-state index contributed by atoms with van der Waals surface area (Å²) in [6, 6.07) is 5.16. The molecule has 0 aliphatic carbocycles. The predicted molar refractivity (Wildman–Crippen MR) is 62.8 cm³/mol. The van der Waals surface area contributed by atoms with Crippen LogP contribution in [0.1, 0.15) is 18.0 Å². The molecule has 0 fully saturated rings.